The number of carbonyl (C=O) groups excluding carboxylic acids is 1. The number of hydrogen-bond donors (Lipinski definition) is 4. The molecule has 0 aromatic rings. The zero-order valence-electron chi connectivity index (χ0n) is 41.9. The molecule has 1 saturated heterocycles. The minimum absolute atomic E-state index is 0.0151. The van der Waals surface area contributed by atoms with E-state index in [1.54, 1.807) is 0 Å². The lowest BCUT2D eigenvalue weighted by Crippen LogP contribution is -2.60. The minimum atomic E-state index is -5.08. The summed E-state index contributed by atoms with van der Waals surface area (Å²) in [5, 5.41) is 30.8. The van der Waals surface area contributed by atoms with Crippen LogP contribution < -0.4 is 0 Å². The Morgan fingerprint density at radius 1 is 0.574 bits per heavy atom. The van der Waals surface area contributed by atoms with Gasteiger partial charge in [0.2, 0.25) is 0 Å². The summed E-state index contributed by atoms with van der Waals surface area (Å²) in [6.07, 6.45) is 52.9. The lowest BCUT2D eigenvalue weighted by atomic mass is 9.99. The number of hydrogen-bond acceptors (Lipinski definition) is 11. The van der Waals surface area contributed by atoms with Gasteiger partial charge in [0.1, 0.15) is 30.5 Å². The molecule has 68 heavy (non-hydrogen) atoms. The van der Waals surface area contributed by atoms with Crippen molar-refractivity contribution >= 4 is 16.4 Å². The molecule has 0 aromatic carbocycles. The van der Waals surface area contributed by atoms with Gasteiger partial charge < -0.3 is 34.3 Å². The first-order valence-electron chi connectivity index (χ1n) is 26.0. The summed E-state index contributed by atoms with van der Waals surface area (Å²) >= 11 is 0. The Kier molecular flexibility index (Phi) is 41.9. The van der Waals surface area contributed by atoms with Gasteiger partial charge in [-0.15, -0.1) is 0 Å². The highest BCUT2D eigenvalue weighted by Crippen LogP contribution is 2.26. The van der Waals surface area contributed by atoms with Gasteiger partial charge in [-0.1, -0.05) is 175 Å². The molecule has 6 atom stereocenters. The smallest absolute Gasteiger partial charge is 0.397 e. The number of rotatable bonds is 44. The van der Waals surface area contributed by atoms with E-state index in [1.807, 2.05) is 0 Å². The van der Waals surface area contributed by atoms with Crippen LogP contribution in [0.2, 0.25) is 0 Å². The average Bonchev–Trinajstić information content (AvgIpc) is 3.31. The summed E-state index contributed by atoms with van der Waals surface area (Å²) in [6, 6.07) is 0. The fourth-order valence-electron chi connectivity index (χ4n) is 7.29. The van der Waals surface area contributed by atoms with E-state index >= 15 is 0 Å². The Labute approximate surface area is 412 Å². The molecular formula is C55H92O12S. The molecule has 0 amide bonds. The van der Waals surface area contributed by atoms with E-state index in [0.717, 1.165) is 96.3 Å². The molecule has 1 fully saturated rings. The first-order chi connectivity index (χ1) is 33.1. The van der Waals surface area contributed by atoms with Gasteiger partial charge >= 0.3 is 16.4 Å². The zero-order chi connectivity index (χ0) is 49.6. The Balaban J connectivity index is 2.40. The van der Waals surface area contributed by atoms with Gasteiger partial charge in [0.05, 0.1) is 19.8 Å². The first-order valence-corrected chi connectivity index (χ1v) is 27.4. The van der Waals surface area contributed by atoms with E-state index in [-0.39, 0.29) is 19.6 Å². The summed E-state index contributed by atoms with van der Waals surface area (Å²) in [4.78, 5) is 12.9. The number of aliphatic hydroxyl groups is 3. The predicted octanol–water partition coefficient (Wildman–Crippen LogP) is 12.2. The second-order valence-electron chi connectivity index (χ2n) is 17.4. The van der Waals surface area contributed by atoms with Gasteiger partial charge in [-0.25, -0.2) is 4.18 Å². The van der Waals surface area contributed by atoms with Crippen LogP contribution in [0.15, 0.2) is 97.2 Å². The van der Waals surface area contributed by atoms with Crippen LogP contribution in [0.1, 0.15) is 181 Å². The van der Waals surface area contributed by atoms with Crippen LogP contribution in [0.5, 0.6) is 0 Å². The Bertz CT molecular complexity index is 1550. The molecule has 390 valence electrons. The summed E-state index contributed by atoms with van der Waals surface area (Å²) < 4.78 is 59.2. The van der Waals surface area contributed by atoms with Crippen molar-refractivity contribution in [1.29, 1.82) is 0 Å². The second-order valence-corrected chi connectivity index (χ2v) is 18.4. The fourth-order valence-corrected chi connectivity index (χ4v) is 7.80. The number of ether oxygens (including phenoxy) is 4. The predicted molar refractivity (Wildman–Crippen MR) is 275 cm³/mol. The Morgan fingerprint density at radius 2 is 1.01 bits per heavy atom. The summed E-state index contributed by atoms with van der Waals surface area (Å²) in [6.45, 7) is 3.80. The number of esters is 1. The van der Waals surface area contributed by atoms with Crippen molar-refractivity contribution in [3.8, 4) is 0 Å². The van der Waals surface area contributed by atoms with E-state index in [2.05, 4.69) is 115 Å². The quantitative estimate of drug-likeness (QED) is 0.0197. The highest BCUT2D eigenvalue weighted by molar-refractivity contribution is 7.80. The third kappa shape index (κ3) is 37.9. The van der Waals surface area contributed by atoms with Gasteiger partial charge in [0, 0.05) is 13.0 Å². The molecule has 0 saturated carbocycles. The Morgan fingerprint density at radius 3 is 1.49 bits per heavy atom. The zero-order valence-corrected chi connectivity index (χ0v) is 42.7. The third-order valence-electron chi connectivity index (χ3n) is 11.2. The van der Waals surface area contributed by atoms with E-state index in [1.165, 1.54) is 57.8 Å². The molecule has 0 bridgehead atoms. The maximum atomic E-state index is 12.9. The number of allylic oxidation sites excluding steroid dienone is 16. The van der Waals surface area contributed by atoms with Crippen LogP contribution in [0.25, 0.3) is 0 Å². The lowest BCUT2D eigenvalue weighted by molar-refractivity contribution is -0.301. The summed E-state index contributed by atoms with van der Waals surface area (Å²) in [5.74, 6) is -0.429. The van der Waals surface area contributed by atoms with Gasteiger partial charge in [-0.3, -0.25) is 9.35 Å². The second kappa shape index (κ2) is 45.2. The molecular weight excluding hydrogens is 885 g/mol. The van der Waals surface area contributed by atoms with Gasteiger partial charge in [-0.05, 0) is 96.3 Å². The molecule has 0 radical (unpaired) electrons. The normalized spacial score (nSPS) is 20.1. The van der Waals surface area contributed by atoms with E-state index in [4.69, 9.17) is 18.9 Å². The van der Waals surface area contributed by atoms with Crippen molar-refractivity contribution in [3.63, 3.8) is 0 Å². The topological polar surface area (TPSA) is 178 Å². The molecule has 0 aliphatic carbocycles. The number of aliphatic hydroxyl groups excluding tert-OH is 3. The van der Waals surface area contributed by atoms with Crippen molar-refractivity contribution in [1.82, 2.24) is 0 Å². The monoisotopic (exact) mass is 977 g/mol. The largest absolute Gasteiger partial charge is 0.457 e. The van der Waals surface area contributed by atoms with Gasteiger partial charge in [-0.2, -0.15) is 8.42 Å². The van der Waals surface area contributed by atoms with Crippen molar-refractivity contribution in [2.75, 3.05) is 26.4 Å². The molecule has 0 aromatic heterocycles. The summed E-state index contributed by atoms with van der Waals surface area (Å²) in [5.41, 5.74) is 0. The average molecular weight is 977 g/mol. The first kappa shape index (κ1) is 63.0. The molecule has 4 N–H and O–H groups in total. The highest BCUT2D eigenvalue weighted by atomic mass is 32.3. The van der Waals surface area contributed by atoms with Crippen LogP contribution in [0.4, 0.5) is 0 Å². The minimum Gasteiger partial charge on any atom is -0.457 e. The van der Waals surface area contributed by atoms with Crippen LogP contribution in [-0.2, 0) is 38.3 Å². The SMILES string of the molecule is CC/C=C\C/C=C\C/C=C\C/C=C\C/C=C\C/C=C\CCCCCCC(=O)OC(COCCCCCCCCCC/C=C\C/C=C\CCCCC)COC1OC(CO)C(O)C(OS(=O)(=O)O)C1O. The van der Waals surface area contributed by atoms with Crippen LogP contribution >= 0.6 is 0 Å². The van der Waals surface area contributed by atoms with Gasteiger partial charge in [0.15, 0.2) is 6.29 Å². The Hall–Kier alpha value is -2.98. The number of unbranched alkanes of at least 4 members (excludes halogenated alkanes) is 15. The van der Waals surface area contributed by atoms with E-state index in [0.29, 0.717) is 13.0 Å². The molecule has 6 unspecified atom stereocenters. The van der Waals surface area contributed by atoms with Crippen molar-refractivity contribution in [2.24, 2.45) is 0 Å². The fraction of sp³-hybridized carbons (Fsp3) is 0.691. The highest BCUT2D eigenvalue weighted by Gasteiger charge is 2.48. The van der Waals surface area contributed by atoms with Crippen molar-refractivity contribution in [2.45, 2.75) is 218 Å². The van der Waals surface area contributed by atoms with Gasteiger partial charge in [0.25, 0.3) is 0 Å². The molecule has 12 nitrogen and oxygen atoms in total. The van der Waals surface area contributed by atoms with E-state index in [9.17, 15) is 33.1 Å². The van der Waals surface area contributed by atoms with Crippen molar-refractivity contribution < 1.29 is 56.2 Å². The standard InChI is InChI=1S/C55H92O12S/c1-3-5-7-9-11-13-15-17-19-21-23-24-25-26-27-28-30-32-34-36-38-40-42-44-51(57)65-49(48-64-55-53(59)54(67-68(60,61)62)52(58)50(46-56)66-55)47-63-45-43-41-39-37-35-33-31-29-22-20-18-16-14-12-10-8-6-4-2/h5,7,11-14,17-20,23-24,26-27,30,32,49-50,52-56,58-59H,3-4,6,8-10,15-16,21-22,25,28-29,31,33-48H2,1-2H3,(H,60,61,62)/b7-5-,13-11-,14-12-,19-17-,20-18-,24-23-,27-26-,32-30-. The molecule has 1 aliphatic heterocycles. The van der Waals surface area contributed by atoms with Crippen molar-refractivity contribution in [3.05, 3.63) is 97.2 Å². The molecule has 1 heterocycles. The maximum absolute atomic E-state index is 12.9. The molecule has 1 aliphatic rings. The van der Waals surface area contributed by atoms with Crippen LogP contribution in [0.3, 0.4) is 0 Å². The van der Waals surface area contributed by atoms with E-state index < -0.39 is 59.8 Å². The third-order valence-corrected chi connectivity index (χ3v) is 11.7. The lowest BCUT2D eigenvalue weighted by Gasteiger charge is -2.41. The summed E-state index contributed by atoms with van der Waals surface area (Å²) in [7, 11) is -5.08. The molecule has 13 heteroatoms. The maximum Gasteiger partial charge on any atom is 0.397 e. The molecule has 0 spiro atoms. The number of carbonyl (C=O) groups is 1. The molecule has 1 rings (SSSR count). The van der Waals surface area contributed by atoms with Crippen LogP contribution in [0, 0.1) is 0 Å². The van der Waals surface area contributed by atoms with Crippen LogP contribution in [-0.4, -0.2) is 97.5 Å².